The number of halogens is 1. The van der Waals surface area contributed by atoms with E-state index in [4.69, 9.17) is 9.15 Å². The van der Waals surface area contributed by atoms with Crippen LogP contribution < -0.4 is 5.32 Å². The van der Waals surface area contributed by atoms with Gasteiger partial charge >= 0.3 is 5.97 Å². The zero-order valence-electron chi connectivity index (χ0n) is 13.0. The maximum absolute atomic E-state index is 14.1. The Hall–Kier alpha value is -2.93. The number of benzene rings is 1. The number of nitrogens with one attached hydrogen (secondary N) is 1. The first-order valence-corrected chi connectivity index (χ1v) is 8.32. The average Bonchev–Trinajstić information content (AvgIpc) is 3.31. The Labute approximate surface area is 147 Å². The summed E-state index contributed by atoms with van der Waals surface area (Å²) in [5.74, 6) is -2.15. The van der Waals surface area contributed by atoms with Crippen molar-refractivity contribution in [1.29, 1.82) is 0 Å². The minimum Gasteiger partial charge on any atom is -0.457 e. The number of carbonyl (C=O) groups excluding carboxylic acids is 2. The van der Waals surface area contributed by atoms with E-state index in [9.17, 15) is 14.0 Å². The molecule has 0 aliphatic heterocycles. The van der Waals surface area contributed by atoms with Crippen molar-refractivity contribution in [2.24, 2.45) is 0 Å². The van der Waals surface area contributed by atoms with E-state index in [1.807, 2.05) is 17.5 Å². The van der Waals surface area contributed by atoms with Crippen molar-refractivity contribution in [1.82, 2.24) is 5.32 Å². The summed E-state index contributed by atoms with van der Waals surface area (Å²) in [4.78, 5) is 25.6. The first kappa shape index (κ1) is 16.9. The number of hydrogen-bond acceptors (Lipinski definition) is 5. The molecule has 2 aromatic heterocycles. The topological polar surface area (TPSA) is 68.5 Å². The summed E-state index contributed by atoms with van der Waals surface area (Å²) in [5, 5.41) is 4.54. The standard InChI is InChI=1S/C18H14FNO4S/c19-14-7-2-1-6-13(14)16(24-18(22)15-8-3-9-23-15)17(21)20-11-12-5-4-10-25-12/h1-10,16H,11H2,(H,20,21)/t16-/m0/s1. The second kappa shape index (κ2) is 7.76. The van der Waals surface area contributed by atoms with E-state index in [1.54, 1.807) is 6.07 Å². The van der Waals surface area contributed by atoms with E-state index in [0.717, 1.165) is 4.88 Å². The van der Waals surface area contributed by atoms with Crippen molar-refractivity contribution in [2.45, 2.75) is 12.6 Å². The largest absolute Gasteiger partial charge is 0.457 e. The molecule has 0 radical (unpaired) electrons. The fourth-order valence-corrected chi connectivity index (χ4v) is 2.83. The predicted octanol–water partition coefficient (Wildman–Crippen LogP) is 3.69. The third-order valence-corrected chi connectivity index (χ3v) is 4.27. The van der Waals surface area contributed by atoms with E-state index in [0.29, 0.717) is 0 Å². The molecule has 0 aliphatic rings. The lowest BCUT2D eigenvalue weighted by molar-refractivity contribution is -0.130. The van der Waals surface area contributed by atoms with E-state index in [1.165, 1.54) is 47.9 Å². The van der Waals surface area contributed by atoms with Crippen LogP contribution in [0.25, 0.3) is 0 Å². The monoisotopic (exact) mass is 359 g/mol. The van der Waals surface area contributed by atoms with Crippen molar-refractivity contribution in [3.8, 4) is 0 Å². The minimum atomic E-state index is -1.42. The Bertz CT molecular complexity index is 846. The molecule has 2 heterocycles. The normalized spacial score (nSPS) is 11.7. The molecule has 1 aromatic carbocycles. The van der Waals surface area contributed by atoms with Gasteiger partial charge in [-0.2, -0.15) is 0 Å². The predicted molar refractivity (Wildman–Crippen MR) is 89.4 cm³/mol. The molecular weight excluding hydrogens is 345 g/mol. The SMILES string of the molecule is O=C(O[C@H](C(=O)NCc1cccs1)c1ccccc1F)c1ccco1. The van der Waals surface area contributed by atoms with Gasteiger partial charge in [0.1, 0.15) is 5.82 Å². The highest BCUT2D eigenvalue weighted by Crippen LogP contribution is 2.23. The summed E-state index contributed by atoms with van der Waals surface area (Å²) >= 11 is 1.48. The molecule has 0 aliphatic carbocycles. The number of ether oxygens (including phenoxy) is 1. The van der Waals surface area contributed by atoms with E-state index in [2.05, 4.69) is 5.32 Å². The lowest BCUT2D eigenvalue weighted by Gasteiger charge is -2.17. The van der Waals surface area contributed by atoms with Gasteiger partial charge < -0.3 is 14.5 Å². The molecule has 1 N–H and O–H groups in total. The van der Waals surface area contributed by atoms with Crippen LogP contribution in [0.15, 0.2) is 64.6 Å². The Morgan fingerprint density at radius 2 is 2.00 bits per heavy atom. The van der Waals surface area contributed by atoms with Crippen molar-refractivity contribution in [3.05, 3.63) is 82.2 Å². The molecule has 25 heavy (non-hydrogen) atoms. The highest BCUT2D eigenvalue weighted by Gasteiger charge is 2.28. The smallest absolute Gasteiger partial charge is 0.375 e. The van der Waals surface area contributed by atoms with Gasteiger partial charge in [0.2, 0.25) is 11.9 Å². The van der Waals surface area contributed by atoms with Gasteiger partial charge in [0.05, 0.1) is 12.8 Å². The van der Waals surface area contributed by atoms with Crippen LogP contribution in [0, 0.1) is 5.82 Å². The number of amides is 1. The molecule has 3 aromatic rings. The first-order chi connectivity index (χ1) is 12.1. The molecule has 0 bridgehead atoms. The number of rotatable bonds is 6. The van der Waals surface area contributed by atoms with Gasteiger partial charge in [0, 0.05) is 10.4 Å². The zero-order valence-corrected chi connectivity index (χ0v) is 13.8. The van der Waals surface area contributed by atoms with Gasteiger partial charge in [0.15, 0.2) is 0 Å². The fraction of sp³-hybridized carbons (Fsp3) is 0.111. The van der Waals surface area contributed by atoms with Gasteiger partial charge in [-0.05, 0) is 29.6 Å². The van der Waals surface area contributed by atoms with Crippen LogP contribution in [-0.2, 0) is 16.1 Å². The molecule has 1 amide bonds. The molecule has 3 rings (SSSR count). The van der Waals surface area contributed by atoms with E-state index >= 15 is 0 Å². The lowest BCUT2D eigenvalue weighted by Crippen LogP contribution is -2.32. The Kier molecular flexibility index (Phi) is 5.25. The second-order valence-corrected chi connectivity index (χ2v) is 6.11. The minimum absolute atomic E-state index is 0.0221. The molecular formula is C18H14FNO4S. The van der Waals surface area contributed by atoms with Crippen molar-refractivity contribution >= 4 is 23.2 Å². The van der Waals surface area contributed by atoms with Crippen LogP contribution in [0.4, 0.5) is 4.39 Å². The average molecular weight is 359 g/mol. The molecule has 0 unspecified atom stereocenters. The van der Waals surface area contributed by atoms with Crippen molar-refractivity contribution in [3.63, 3.8) is 0 Å². The molecule has 0 fully saturated rings. The summed E-state index contributed by atoms with van der Waals surface area (Å²) in [7, 11) is 0. The van der Waals surface area contributed by atoms with Crippen LogP contribution in [0.5, 0.6) is 0 Å². The second-order valence-electron chi connectivity index (χ2n) is 5.08. The molecule has 0 saturated carbocycles. The molecule has 1 atom stereocenters. The van der Waals surface area contributed by atoms with Crippen LogP contribution >= 0.6 is 11.3 Å². The fourth-order valence-electron chi connectivity index (χ4n) is 2.19. The molecule has 5 nitrogen and oxygen atoms in total. The quantitative estimate of drug-likeness (QED) is 0.682. The van der Waals surface area contributed by atoms with E-state index < -0.39 is 23.8 Å². The van der Waals surface area contributed by atoms with Gasteiger partial charge in [-0.1, -0.05) is 24.3 Å². The zero-order chi connectivity index (χ0) is 17.6. The summed E-state index contributed by atoms with van der Waals surface area (Å²) < 4.78 is 24.3. The Morgan fingerprint density at radius 1 is 1.16 bits per heavy atom. The van der Waals surface area contributed by atoms with Crippen LogP contribution in [0.3, 0.4) is 0 Å². The van der Waals surface area contributed by atoms with Crippen LogP contribution in [-0.4, -0.2) is 11.9 Å². The number of carbonyl (C=O) groups is 2. The van der Waals surface area contributed by atoms with Gasteiger partial charge in [-0.15, -0.1) is 11.3 Å². The summed E-state index contributed by atoms with van der Waals surface area (Å²) in [5.41, 5.74) is -0.0221. The van der Waals surface area contributed by atoms with Gasteiger partial charge in [0.25, 0.3) is 5.91 Å². The lowest BCUT2D eigenvalue weighted by atomic mass is 10.1. The summed E-state index contributed by atoms with van der Waals surface area (Å²) in [6, 6.07) is 12.3. The third-order valence-electron chi connectivity index (χ3n) is 3.39. The van der Waals surface area contributed by atoms with Crippen LogP contribution in [0.1, 0.15) is 27.1 Å². The number of furan rings is 1. The molecule has 128 valence electrons. The van der Waals surface area contributed by atoms with E-state index in [-0.39, 0.29) is 17.9 Å². The third kappa shape index (κ3) is 4.13. The Morgan fingerprint density at radius 3 is 2.68 bits per heavy atom. The highest BCUT2D eigenvalue weighted by atomic mass is 32.1. The van der Waals surface area contributed by atoms with Crippen molar-refractivity contribution in [2.75, 3.05) is 0 Å². The molecule has 0 saturated heterocycles. The first-order valence-electron chi connectivity index (χ1n) is 7.44. The summed E-state index contributed by atoms with van der Waals surface area (Å²) in [6.07, 6.45) is -0.107. The number of esters is 1. The number of thiophene rings is 1. The Balaban J connectivity index is 1.79. The maximum Gasteiger partial charge on any atom is 0.375 e. The highest BCUT2D eigenvalue weighted by molar-refractivity contribution is 7.09. The van der Waals surface area contributed by atoms with Gasteiger partial charge in [-0.25, -0.2) is 9.18 Å². The maximum atomic E-state index is 14.1. The molecule has 7 heteroatoms. The van der Waals surface area contributed by atoms with Gasteiger partial charge in [-0.3, -0.25) is 4.79 Å². The molecule has 0 spiro atoms. The summed E-state index contributed by atoms with van der Waals surface area (Å²) in [6.45, 7) is 0.264. The van der Waals surface area contributed by atoms with Crippen LogP contribution in [0.2, 0.25) is 0 Å². The van der Waals surface area contributed by atoms with Crippen molar-refractivity contribution < 1.29 is 23.1 Å². The number of hydrogen-bond donors (Lipinski definition) is 1.